The molecule has 0 heterocycles. The predicted molar refractivity (Wildman–Crippen MR) is 96.3 cm³/mol. The Morgan fingerprint density at radius 2 is 1.73 bits per heavy atom. The van der Waals surface area contributed by atoms with Crippen LogP contribution in [0.25, 0.3) is 0 Å². The fourth-order valence-electron chi connectivity index (χ4n) is 3.98. The molecular weight excluding hydrogens is 334 g/mol. The van der Waals surface area contributed by atoms with E-state index in [1.165, 1.54) is 20.8 Å². The summed E-state index contributed by atoms with van der Waals surface area (Å²) in [7, 11) is 0. The maximum absolute atomic E-state index is 11.9. The van der Waals surface area contributed by atoms with Crippen molar-refractivity contribution in [1.82, 2.24) is 5.32 Å². The zero-order valence-electron chi connectivity index (χ0n) is 15.8. The van der Waals surface area contributed by atoms with Crippen molar-refractivity contribution < 1.29 is 23.9 Å². The summed E-state index contributed by atoms with van der Waals surface area (Å²) in [5, 5.41) is 3.08. The summed E-state index contributed by atoms with van der Waals surface area (Å²) in [6.07, 6.45) is 0.823. The highest BCUT2D eigenvalue weighted by Gasteiger charge is 2.49. The van der Waals surface area contributed by atoms with Crippen molar-refractivity contribution >= 4 is 17.8 Å². The van der Waals surface area contributed by atoms with Gasteiger partial charge in [-0.3, -0.25) is 14.4 Å². The lowest BCUT2D eigenvalue weighted by Crippen LogP contribution is -2.60. The lowest BCUT2D eigenvalue weighted by molar-refractivity contribution is -0.155. The van der Waals surface area contributed by atoms with Crippen LogP contribution < -0.4 is 5.32 Å². The van der Waals surface area contributed by atoms with Crippen LogP contribution in [0.4, 0.5) is 0 Å². The summed E-state index contributed by atoms with van der Waals surface area (Å²) < 4.78 is 10.8. The van der Waals surface area contributed by atoms with Gasteiger partial charge in [0.05, 0.1) is 12.1 Å². The van der Waals surface area contributed by atoms with Crippen molar-refractivity contribution in [2.75, 3.05) is 6.61 Å². The van der Waals surface area contributed by atoms with Gasteiger partial charge in [0, 0.05) is 32.6 Å². The Kier molecular flexibility index (Phi) is 6.40. The molecule has 0 aliphatic heterocycles. The average Bonchev–Trinajstić information content (AvgIpc) is 2.54. The summed E-state index contributed by atoms with van der Waals surface area (Å²) in [5.74, 6) is -1.12. The zero-order valence-corrected chi connectivity index (χ0v) is 15.8. The number of amides is 1. The summed E-state index contributed by atoms with van der Waals surface area (Å²) in [6, 6.07) is 9.83. The minimum atomic E-state index is -0.626. The molecule has 0 unspecified atom stereocenters. The monoisotopic (exact) mass is 361 g/mol. The number of carbonyl (C=O) groups excluding carboxylic acids is 3. The van der Waals surface area contributed by atoms with Gasteiger partial charge in [0.15, 0.2) is 0 Å². The maximum atomic E-state index is 11.9. The van der Waals surface area contributed by atoms with E-state index in [0.717, 1.165) is 5.56 Å². The van der Waals surface area contributed by atoms with Crippen molar-refractivity contribution in [1.29, 1.82) is 0 Å². The molecule has 0 saturated heterocycles. The molecular formula is C20H27NO5. The van der Waals surface area contributed by atoms with Crippen molar-refractivity contribution in [3.8, 4) is 0 Å². The molecule has 0 spiro atoms. The fourth-order valence-corrected chi connectivity index (χ4v) is 3.98. The number of ether oxygens (including phenoxy) is 2. The summed E-state index contributed by atoms with van der Waals surface area (Å²) in [5.41, 5.74) is 0.424. The third-order valence-electron chi connectivity index (χ3n) is 5.09. The van der Waals surface area contributed by atoms with E-state index in [2.05, 4.69) is 5.32 Å². The SMILES string of the molecule is CC(=O)N[C@@]1(C)[C@@H](COC(C)=O)C[C@@H](OC(C)=O)C[C@@H]1c1ccccc1. The molecule has 1 aromatic rings. The highest BCUT2D eigenvalue weighted by Crippen LogP contribution is 2.45. The number of hydrogen-bond acceptors (Lipinski definition) is 5. The lowest BCUT2D eigenvalue weighted by Gasteiger charge is -2.49. The number of hydrogen-bond donors (Lipinski definition) is 1. The summed E-state index contributed by atoms with van der Waals surface area (Å²) in [6.45, 7) is 6.36. The normalized spacial score (nSPS) is 28.1. The Labute approximate surface area is 154 Å². The van der Waals surface area contributed by atoms with E-state index >= 15 is 0 Å². The molecule has 1 aliphatic rings. The molecule has 142 valence electrons. The van der Waals surface area contributed by atoms with Gasteiger partial charge in [-0.1, -0.05) is 30.3 Å². The first-order valence-corrected chi connectivity index (χ1v) is 8.86. The van der Waals surface area contributed by atoms with E-state index in [4.69, 9.17) is 9.47 Å². The number of carbonyl (C=O) groups is 3. The number of rotatable bonds is 5. The van der Waals surface area contributed by atoms with Crippen molar-refractivity contribution in [2.24, 2.45) is 5.92 Å². The van der Waals surface area contributed by atoms with E-state index in [0.29, 0.717) is 12.8 Å². The molecule has 2 rings (SSSR count). The second-order valence-corrected chi connectivity index (χ2v) is 7.13. The second kappa shape index (κ2) is 8.34. The van der Waals surface area contributed by atoms with Crippen LogP contribution in [0, 0.1) is 5.92 Å². The van der Waals surface area contributed by atoms with E-state index in [9.17, 15) is 14.4 Å². The van der Waals surface area contributed by atoms with Gasteiger partial charge in [-0.2, -0.15) is 0 Å². The molecule has 0 bridgehead atoms. The lowest BCUT2D eigenvalue weighted by atomic mass is 9.63. The average molecular weight is 361 g/mol. The van der Waals surface area contributed by atoms with Gasteiger partial charge in [0.2, 0.25) is 5.91 Å². The Bertz CT molecular complexity index is 659. The highest BCUT2D eigenvalue weighted by atomic mass is 16.5. The fraction of sp³-hybridized carbons (Fsp3) is 0.550. The van der Waals surface area contributed by atoms with E-state index in [-0.39, 0.29) is 42.4 Å². The third-order valence-corrected chi connectivity index (χ3v) is 5.09. The van der Waals surface area contributed by atoms with Crippen LogP contribution >= 0.6 is 0 Å². The van der Waals surface area contributed by atoms with Crippen LogP contribution in [-0.2, 0) is 23.9 Å². The molecule has 4 atom stereocenters. The van der Waals surface area contributed by atoms with Crippen LogP contribution in [0.2, 0.25) is 0 Å². The number of benzene rings is 1. The molecule has 1 saturated carbocycles. The molecule has 1 aromatic carbocycles. The third kappa shape index (κ3) is 4.84. The Hall–Kier alpha value is -2.37. The van der Waals surface area contributed by atoms with Gasteiger partial charge >= 0.3 is 11.9 Å². The van der Waals surface area contributed by atoms with Crippen LogP contribution in [-0.4, -0.2) is 36.1 Å². The molecule has 1 N–H and O–H groups in total. The maximum Gasteiger partial charge on any atom is 0.302 e. The predicted octanol–water partition coefficient (Wildman–Crippen LogP) is 2.57. The largest absolute Gasteiger partial charge is 0.465 e. The van der Waals surface area contributed by atoms with Crippen LogP contribution in [0.1, 0.15) is 52.0 Å². The van der Waals surface area contributed by atoms with Crippen molar-refractivity contribution in [3.05, 3.63) is 35.9 Å². The molecule has 0 aromatic heterocycles. The first-order chi connectivity index (χ1) is 12.2. The van der Waals surface area contributed by atoms with Gasteiger partial charge < -0.3 is 14.8 Å². The number of nitrogens with one attached hydrogen (secondary N) is 1. The standard InChI is InChI=1S/C20H27NO5/c1-13(22)21-20(4)17(12-25-14(2)23)10-18(26-15(3)24)11-19(20)16-8-6-5-7-9-16/h5-9,17-19H,10-12H2,1-4H3,(H,21,22)/t17-,18-,19-,20+/m1/s1. The smallest absolute Gasteiger partial charge is 0.302 e. The Balaban J connectivity index is 2.41. The molecule has 26 heavy (non-hydrogen) atoms. The first-order valence-electron chi connectivity index (χ1n) is 8.86. The minimum absolute atomic E-state index is 0.0775. The topological polar surface area (TPSA) is 81.7 Å². The summed E-state index contributed by atoms with van der Waals surface area (Å²) >= 11 is 0. The molecule has 0 radical (unpaired) electrons. The van der Waals surface area contributed by atoms with E-state index in [1.807, 2.05) is 37.3 Å². The molecule has 6 heteroatoms. The number of esters is 2. The first kappa shape index (κ1) is 19.9. The van der Waals surface area contributed by atoms with E-state index < -0.39 is 5.54 Å². The molecule has 1 amide bonds. The Morgan fingerprint density at radius 1 is 1.08 bits per heavy atom. The Morgan fingerprint density at radius 3 is 2.27 bits per heavy atom. The summed E-state index contributed by atoms with van der Waals surface area (Å²) in [4.78, 5) is 34.8. The van der Waals surface area contributed by atoms with Gasteiger partial charge in [0.1, 0.15) is 6.10 Å². The zero-order chi connectivity index (χ0) is 19.3. The quantitative estimate of drug-likeness (QED) is 0.815. The molecule has 1 aliphatic carbocycles. The van der Waals surface area contributed by atoms with Crippen molar-refractivity contribution in [2.45, 2.75) is 58.1 Å². The minimum Gasteiger partial charge on any atom is -0.465 e. The van der Waals surface area contributed by atoms with Crippen LogP contribution in [0.15, 0.2) is 30.3 Å². The van der Waals surface area contributed by atoms with Gasteiger partial charge in [-0.05, 0) is 25.3 Å². The van der Waals surface area contributed by atoms with E-state index in [1.54, 1.807) is 0 Å². The molecule has 1 fully saturated rings. The van der Waals surface area contributed by atoms with Crippen LogP contribution in [0.3, 0.4) is 0 Å². The van der Waals surface area contributed by atoms with Crippen LogP contribution in [0.5, 0.6) is 0 Å². The highest BCUT2D eigenvalue weighted by molar-refractivity contribution is 5.74. The van der Waals surface area contributed by atoms with Gasteiger partial charge in [0.25, 0.3) is 0 Å². The second-order valence-electron chi connectivity index (χ2n) is 7.13. The van der Waals surface area contributed by atoms with Gasteiger partial charge in [-0.15, -0.1) is 0 Å². The van der Waals surface area contributed by atoms with Gasteiger partial charge in [-0.25, -0.2) is 0 Å². The molecule has 6 nitrogen and oxygen atoms in total. The van der Waals surface area contributed by atoms with Crippen molar-refractivity contribution in [3.63, 3.8) is 0 Å².